The summed E-state index contributed by atoms with van der Waals surface area (Å²) in [5.41, 5.74) is 1.84. The molecule has 8 nitrogen and oxygen atoms in total. The van der Waals surface area contributed by atoms with Gasteiger partial charge in [0.1, 0.15) is 24.2 Å². The Labute approximate surface area is 270 Å². The van der Waals surface area contributed by atoms with Crippen LogP contribution in [0.3, 0.4) is 0 Å². The number of nitrogens with zero attached hydrogens (tertiary/aromatic N) is 2. The Morgan fingerprint density at radius 2 is 1.41 bits per heavy atom. The standard InChI is InChI=1S/C36H40FN3O5S/c1-4-27(3)38-36(42)34(24-28-12-8-6-9-13-28)39(25-29-14-10-7-11-15-29)35(41)26-40(31-18-20-32(21-19-31)45-5-2)46(43,44)33-22-16-30(37)17-23-33/h6-23,27,34H,4-5,24-26H2,1-3H3,(H,38,42)/t27-,34+/m0/s1. The van der Waals surface area contributed by atoms with E-state index in [4.69, 9.17) is 4.74 Å². The molecule has 0 aliphatic carbocycles. The van der Waals surface area contributed by atoms with Crippen LogP contribution in [0.5, 0.6) is 5.75 Å². The van der Waals surface area contributed by atoms with Crippen LogP contribution < -0.4 is 14.4 Å². The lowest BCUT2D eigenvalue weighted by Gasteiger charge is -2.34. The zero-order chi connectivity index (χ0) is 33.1. The molecule has 4 rings (SSSR count). The van der Waals surface area contributed by atoms with Gasteiger partial charge in [0.25, 0.3) is 10.0 Å². The first kappa shape index (κ1) is 34.2. The summed E-state index contributed by atoms with van der Waals surface area (Å²) < 4.78 is 48.4. The van der Waals surface area contributed by atoms with E-state index in [2.05, 4.69) is 5.32 Å². The molecular formula is C36H40FN3O5S. The molecule has 0 saturated heterocycles. The van der Waals surface area contributed by atoms with Crippen molar-refractivity contribution >= 4 is 27.5 Å². The Balaban J connectivity index is 1.79. The molecule has 0 spiro atoms. The van der Waals surface area contributed by atoms with Crippen molar-refractivity contribution in [2.24, 2.45) is 0 Å². The Bertz CT molecular complexity index is 1670. The number of amides is 2. The highest BCUT2D eigenvalue weighted by atomic mass is 32.2. The molecule has 46 heavy (non-hydrogen) atoms. The van der Waals surface area contributed by atoms with Gasteiger partial charge in [0.15, 0.2) is 0 Å². The van der Waals surface area contributed by atoms with Crippen molar-refractivity contribution in [2.75, 3.05) is 17.5 Å². The molecule has 0 radical (unpaired) electrons. The van der Waals surface area contributed by atoms with E-state index in [-0.39, 0.29) is 35.5 Å². The quantitative estimate of drug-likeness (QED) is 0.172. The van der Waals surface area contributed by atoms with Gasteiger partial charge in [-0.1, -0.05) is 67.6 Å². The maximum Gasteiger partial charge on any atom is 0.264 e. The zero-order valence-electron chi connectivity index (χ0n) is 26.3. The normalized spacial score (nSPS) is 12.5. The second kappa shape index (κ2) is 16.0. The second-order valence-corrected chi connectivity index (χ2v) is 12.8. The maximum atomic E-state index is 14.5. The summed E-state index contributed by atoms with van der Waals surface area (Å²) in [5, 5.41) is 3.02. The number of hydrogen-bond acceptors (Lipinski definition) is 5. The first-order valence-electron chi connectivity index (χ1n) is 15.3. The van der Waals surface area contributed by atoms with Gasteiger partial charge in [-0.25, -0.2) is 12.8 Å². The molecule has 1 N–H and O–H groups in total. The highest BCUT2D eigenvalue weighted by Gasteiger charge is 2.35. The van der Waals surface area contributed by atoms with Crippen molar-refractivity contribution in [3.63, 3.8) is 0 Å². The van der Waals surface area contributed by atoms with E-state index in [0.29, 0.717) is 18.8 Å². The molecule has 2 amide bonds. The fourth-order valence-electron chi connectivity index (χ4n) is 4.91. The van der Waals surface area contributed by atoms with Crippen LogP contribution in [-0.4, -0.2) is 50.4 Å². The molecule has 4 aromatic carbocycles. The van der Waals surface area contributed by atoms with Crippen LogP contribution in [0.4, 0.5) is 10.1 Å². The van der Waals surface area contributed by atoms with Crippen LogP contribution in [-0.2, 0) is 32.6 Å². The molecule has 0 aromatic heterocycles. The highest BCUT2D eigenvalue weighted by molar-refractivity contribution is 7.92. The van der Waals surface area contributed by atoms with Crippen LogP contribution in [0.2, 0.25) is 0 Å². The van der Waals surface area contributed by atoms with E-state index < -0.39 is 34.3 Å². The molecule has 0 unspecified atom stereocenters. The molecule has 10 heteroatoms. The van der Waals surface area contributed by atoms with Gasteiger partial charge < -0.3 is 15.0 Å². The van der Waals surface area contributed by atoms with E-state index in [1.54, 1.807) is 24.3 Å². The molecule has 0 saturated carbocycles. The summed E-state index contributed by atoms with van der Waals surface area (Å²) in [7, 11) is -4.35. The molecule has 0 fully saturated rings. The SMILES string of the molecule is CCOc1ccc(N(CC(=O)N(Cc2ccccc2)[C@H](Cc2ccccc2)C(=O)N[C@@H](C)CC)S(=O)(=O)c2ccc(F)cc2)cc1. The predicted octanol–water partition coefficient (Wildman–Crippen LogP) is 5.97. The van der Waals surface area contributed by atoms with Crippen molar-refractivity contribution in [2.45, 2.75) is 57.1 Å². The molecule has 0 heterocycles. The van der Waals surface area contributed by atoms with Crippen molar-refractivity contribution in [3.05, 3.63) is 126 Å². The minimum atomic E-state index is -4.35. The van der Waals surface area contributed by atoms with Gasteiger partial charge in [0, 0.05) is 19.0 Å². The van der Waals surface area contributed by atoms with Gasteiger partial charge >= 0.3 is 0 Å². The van der Waals surface area contributed by atoms with Crippen LogP contribution in [0.1, 0.15) is 38.3 Å². The zero-order valence-corrected chi connectivity index (χ0v) is 27.1. The number of carbonyl (C=O) groups excluding carboxylic acids is 2. The maximum absolute atomic E-state index is 14.5. The molecule has 0 aliphatic heterocycles. The van der Waals surface area contributed by atoms with Crippen molar-refractivity contribution in [3.8, 4) is 5.75 Å². The fraction of sp³-hybridized carbons (Fsp3) is 0.278. The third kappa shape index (κ3) is 8.94. The van der Waals surface area contributed by atoms with Crippen LogP contribution >= 0.6 is 0 Å². The Morgan fingerprint density at radius 3 is 1.98 bits per heavy atom. The second-order valence-electron chi connectivity index (χ2n) is 10.9. The van der Waals surface area contributed by atoms with Gasteiger partial charge in [0.05, 0.1) is 17.2 Å². The minimum Gasteiger partial charge on any atom is -0.494 e. The number of hydrogen-bond donors (Lipinski definition) is 1. The summed E-state index contributed by atoms with van der Waals surface area (Å²) in [5.74, 6) is -0.972. The number of halogens is 1. The molecule has 0 aliphatic rings. The van der Waals surface area contributed by atoms with Gasteiger partial charge in [-0.15, -0.1) is 0 Å². The summed E-state index contributed by atoms with van der Waals surface area (Å²) in [6, 6.07) is 28.3. The number of sulfonamides is 1. The third-order valence-electron chi connectivity index (χ3n) is 7.58. The van der Waals surface area contributed by atoms with Crippen molar-refractivity contribution < 1.29 is 27.1 Å². The number of ether oxygens (including phenoxy) is 1. The third-order valence-corrected chi connectivity index (χ3v) is 9.37. The predicted molar refractivity (Wildman–Crippen MR) is 177 cm³/mol. The van der Waals surface area contributed by atoms with E-state index in [0.717, 1.165) is 39.7 Å². The monoisotopic (exact) mass is 645 g/mol. The summed E-state index contributed by atoms with van der Waals surface area (Å²) in [4.78, 5) is 29.6. The fourth-order valence-corrected chi connectivity index (χ4v) is 6.33. The summed E-state index contributed by atoms with van der Waals surface area (Å²) in [6.45, 7) is 5.57. The number of carbonyl (C=O) groups is 2. The smallest absolute Gasteiger partial charge is 0.264 e. The molecule has 4 aromatic rings. The largest absolute Gasteiger partial charge is 0.494 e. The van der Waals surface area contributed by atoms with Crippen molar-refractivity contribution in [1.82, 2.24) is 10.2 Å². The number of anilines is 1. The van der Waals surface area contributed by atoms with Crippen LogP contribution in [0.25, 0.3) is 0 Å². The number of nitrogens with one attached hydrogen (secondary N) is 1. The lowest BCUT2D eigenvalue weighted by Crippen LogP contribution is -2.54. The average Bonchev–Trinajstić information content (AvgIpc) is 3.06. The topological polar surface area (TPSA) is 96.0 Å². The van der Waals surface area contributed by atoms with Gasteiger partial charge in [-0.2, -0.15) is 0 Å². The highest BCUT2D eigenvalue weighted by Crippen LogP contribution is 2.27. The Hall–Kier alpha value is -4.70. The number of rotatable bonds is 15. The molecular weight excluding hydrogens is 605 g/mol. The first-order valence-corrected chi connectivity index (χ1v) is 16.7. The van der Waals surface area contributed by atoms with E-state index >= 15 is 0 Å². The van der Waals surface area contributed by atoms with Gasteiger partial charge in [-0.3, -0.25) is 13.9 Å². The average molecular weight is 646 g/mol. The van der Waals surface area contributed by atoms with E-state index in [9.17, 15) is 22.4 Å². The number of benzene rings is 4. The van der Waals surface area contributed by atoms with Crippen molar-refractivity contribution in [1.29, 1.82) is 0 Å². The molecule has 242 valence electrons. The minimum absolute atomic E-state index is 0.0683. The molecule has 2 atom stereocenters. The van der Waals surface area contributed by atoms with Gasteiger partial charge in [-0.05, 0) is 79.9 Å². The summed E-state index contributed by atoms with van der Waals surface area (Å²) >= 11 is 0. The lowest BCUT2D eigenvalue weighted by atomic mass is 10.0. The molecule has 0 bridgehead atoms. The van der Waals surface area contributed by atoms with E-state index in [1.807, 2.05) is 81.4 Å². The van der Waals surface area contributed by atoms with Crippen LogP contribution in [0, 0.1) is 5.82 Å². The lowest BCUT2D eigenvalue weighted by molar-refractivity contribution is -0.140. The Morgan fingerprint density at radius 1 is 0.826 bits per heavy atom. The van der Waals surface area contributed by atoms with Gasteiger partial charge in [0.2, 0.25) is 11.8 Å². The van der Waals surface area contributed by atoms with Crippen LogP contribution in [0.15, 0.2) is 114 Å². The Kier molecular flexibility index (Phi) is 11.9. The van der Waals surface area contributed by atoms with E-state index in [1.165, 1.54) is 4.90 Å². The first-order chi connectivity index (χ1) is 22.1. The summed E-state index contributed by atoms with van der Waals surface area (Å²) in [6.07, 6.45) is 0.910.